The number of methoxy groups -OCH3 is 1. The molecule has 0 saturated heterocycles. The fourth-order valence-corrected chi connectivity index (χ4v) is 2.61. The fraction of sp³-hybridized carbons (Fsp3) is 0.0500. The Balaban J connectivity index is 1.70. The van der Waals surface area contributed by atoms with Crippen LogP contribution in [0.2, 0.25) is 5.02 Å². The van der Waals surface area contributed by atoms with E-state index in [9.17, 15) is 4.79 Å². The molecule has 1 amide bonds. The van der Waals surface area contributed by atoms with Gasteiger partial charge in [0.2, 0.25) is 0 Å². The Hall–Kier alpha value is -2.98. The van der Waals surface area contributed by atoms with Gasteiger partial charge < -0.3 is 15.4 Å². The first-order chi connectivity index (χ1) is 12.2. The van der Waals surface area contributed by atoms with E-state index in [2.05, 4.69) is 10.6 Å². The number of hydrogen-bond donors (Lipinski definition) is 2. The molecule has 3 rings (SSSR count). The second-order valence-corrected chi connectivity index (χ2v) is 5.74. The SMILES string of the molecule is COc1ccccc1Nc1ccc(NC(=O)c2ccccc2Cl)cc1. The molecule has 0 aliphatic carbocycles. The van der Waals surface area contributed by atoms with Crippen LogP contribution in [-0.4, -0.2) is 13.0 Å². The lowest BCUT2D eigenvalue weighted by molar-refractivity contribution is 0.102. The molecule has 3 aromatic carbocycles. The van der Waals surface area contributed by atoms with Crippen molar-refractivity contribution in [1.82, 2.24) is 0 Å². The first-order valence-electron chi connectivity index (χ1n) is 7.73. The van der Waals surface area contributed by atoms with E-state index in [1.54, 1.807) is 31.4 Å². The molecule has 3 aromatic rings. The smallest absolute Gasteiger partial charge is 0.257 e. The van der Waals surface area contributed by atoms with E-state index in [0.29, 0.717) is 16.3 Å². The summed E-state index contributed by atoms with van der Waals surface area (Å²) in [5.74, 6) is 0.523. The average molecular weight is 353 g/mol. The van der Waals surface area contributed by atoms with Gasteiger partial charge in [-0.2, -0.15) is 0 Å². The van der Waals surface area contributed by atoms with Crippen LogP contribution in [0.25, 0.3) is 0 Å². The third kappa shape index (κ3) is 4.11. The van der Waals surface area contributed by atoms with Crippen molar-refractivity contribution in [2.24, 2.45) is 0 Å². The predicted molar refractivity (Wildman–Crippen MR) is 102 cm³/mol. The van der Waals surface area contributed by atoms with Crippen LogP contribution in [0.3, 0.4) is 0 Å². The van der Waals surface area contributed by atoms with Gasteiger partial charge in [0.05, 0.1) is 23.4 Å². The minimum absolute atomic E-state index is 0.240. The summed E-state index contributed by atoms with van der Waals surface area (Å²) in [7, 11) is 1.63. The fourth-order valence-electron chi connectivity index (χ4n) is 2.38. The molecule has 0 aromatic heterocycles. The Morgan fingerprint density at radius 2 is 1.52 bits per heavy atom. The number of hydrogen-bond acceptors (Lipinski definition) is 3. The number of rotatable bonds is 5. The largest absolute Gasteiger partial charge is 0.495 e. The normalized spacial score (nSPS) is 10.2. The second kappa shape index (κ2) is 7.73. The minimum Gasteiger partial charge on any atom is -0.495 e. The maximum atomic E-state index is 12.3. The van der Waals surface area contributed by atoms with Gasteiger partial charge in [-0.3, -0.25) is 4.79 Å². The van der Waals surface area contributed by atoms with Crippen molar-refractivity contribution in [3.05, 3.63) is 83.4 Å². The molecule has 0 aliphatic heterocycles. The number of anilines is 3. The van der Waals surface area contributed by atoms with Gasteiger partial charge in [0.1, 0.15) is 5.75 Å². The van der Waals surface area contributed by atoms with Crippen molar-refractivity contribution >= 4 is 34.6 Å². The number of carbonyl (C=O) groups excluding carboxylic acids is 1. The van der Waals surface area contributed by atoms with Crippen LogP contribution in [0, 0.1) is 0 Å². The van der Waals surface area contributed by atoms with Crippen molar-refractivity contribution in [2.45, 2.75) is 0 Å². The molecule has 0 unspecified atom stereocenters. The lowest BCUT2D eigenvalue weighted by Gasteiger charge is -2.12. The van der Waals surface area contributed by atoms with Gasteiger partial charge in [0.15, 0.2) is 0 Å². The number of carbonyl (C=O) groups is 1. The molecule has 0 radical (unpaired) electrons. The van der Waals surface area contributed by atoms with Gasteiger partial charge in [-0.1, -0.05) is 35.9 Å². The highest BCUT2D eigenvalue weighted by Crippen LogP contribution is 2.27. The molecular weight excluding hydrogens is 336 g/mol. The standard InChI is InChI=1S/C20H17ClN2O2/c1-25-19-9-5-4-8-18(19)22-14-10-12-15(13-11-14)23-20(24)16-6-2-3-7-17(16)21/h2-13,22H,1H3,(H,23,24). The number of nitrogens with one attached hydrogen (secondary N) is 2. The van der Waals surface area contributed by atoms with E-state index in [1.807, 2.05) is 48.5 Å². The zero-order valence-corrected chi connectivity index (χ0v) is 14.4. The van der Waals surface area contributed by atoms with E-state index >= 15 is 0 Å². The van der Waals surface area contributed by atoms with Crippen molar-refractivity contribution in [2.75, 3.05) is 17.7 Å². The van der Waals surface area contributed by atoms with Crippen LogP contribution in [0.15, 0.2) is 72.8 Å². The van der Waals surface area contributed by atoms with Crippen molar-refractivity contribution in [3.63, 3.8) is 0 Å². The van der Waals surface area contributed by atoms with Crippen molar-refractivity contribution < 1.29 is 9.53 Å². The molecule has 0 aliphatic rings. The molecule has 0 saturated carbocycles. The summed E-state index contributed by atoms with van der Waals surface area (Å²) in [6.45, 7) is 0. The highest BCUT2D eigenvalue weighted by atomic mass is 35.5. The summed E-state index contributed by atoms with van der Waals surface area (Å²) in [5.41, 5.74) is 2.90. The molecule has 0 heterocycles. The Morgan fingerprint density at radius 3 is 2.24 bits per heavy atom. The first-order valence-corrected chi connectivity index (χ1v) is 8.11. The lowest BCUT2D eigenvalue weighted by Crippen LogP contribution is -2.12. The van der Waals surface area contributed by atoms with Crippen LogP contribution in [0.5, 0.6) is 5.75 Å². The second-order valence-electron chi connectivity index (χ2n) is 5.34. The van der Waals surface area contributed by atoms with E-state index in [4.69, 9.17) is 16.3 Å². The average Bonchev–Trinajstić information content (AvgIpc) is 2.64. The molecule has 0 atom stereocenters. The zero-order valence-electron chi connectivity index (χ0n) is 13.6. The molecule has 0 spiro atoms. The van der Waals surface area contributed by atoms with Gasteiger partial charge >= 0.3 is 0 Å². The van der Waals surface area contributed by atoms with Crippen LogP contribution in [-0.2, 0) is 0 Å². The van der Waals surface area contributed by atoms with Crippen LogP contribution in [0.4, 0.5) is 17.1 Å². The van der Waals surface area contributed by atoms with Crippen molar-refractivity contribution in [3.8, 4) is 5.75 Å². The van der Waals surface area contributed by atoms with Crippen LogP contribution < -0.4 is 15.4 Å². The highest BCUT2D eigenvalue weighted by molar-refractivity contribution is 6.34. The monoisotopic (exact) mass is 352 g/mol. The highest BCUT2D eigenvalue weighted by Gasteiger charge is 2.09. The molecule has 126 valence electrons. The number of benzene rings is 3. The molecule has 0 bridgehead atoms. The topological polar surface area (TPSA) is 50.4 Å². The summed E-state index contributed by atoms with van der Waals surface area (Å²) in [6.07, 6.45) is 0. The Labute approximate surface area is 151 Å². The third-order valence-electron chi connectivity index (χ3n) is 3.65. The molecule has 4 nitrogen and oxygen atoms in total. The van der Waals surface area contributed by atoms with E-state index < -0.39 is 0 Å². The summed E-state index contributed by atoms with van der Waals surface area (Å²) in [5, 5.41) is 6.55. The minimum atomic E-state index is -0.240. The maximum absolute atomic E-state index is 12.3. The number of ether oxygens (including phenoxy) is 1. The van der Waals surface area contributed by atoms with Gasteiger partial charge in [-0.15, -0.1) is 0 Å². The quantitative estimate of drug-likeness (QED) is 0.651. The Morgan fingerprint density at radius 1 is 0.880 bits per heavy atom. The number of amides is 1. The van der Waals surface area contributed by atoms with Gasteiger partial charge in [0, 0.05) is 11.4 Å². The lowest BCUT2D eigenvalue weighted by atomic mass is 10.2. The molecular formula is C20H17ClN2O2. The summed E-state index contributed by atoms with van der Waals surface area (Å²) >= 11 is 6.05. The summed E-state index contributed by atoms with van der Waals surface area (Å²) in [6, 6.07) is 22.0. The third-order valence-corrected chi connectivity index (χ3v) is 3.98. The molecule has 5 heteroatoms. The van der Waals surface area contributed by atoms with Gasteiger partial charge in [0.25, 0.3) is 5.91 Å². The Kier molecular flexibility index (Phi) is 5.21. The van der Waals surface area contributed by atoms with E-state index in [1.165, 1.54) is 0 Å². The molecule has 25 heavy (non-hydrogen) atoms. The Bertz CT molecular complexity index is 879. The molecule has 0 fully saturated rings. The predicted octanol–water partition coefficient (Wildman–Crippen LogP) is 5.34. The summed E-state index contributed by atoms with van der Waals surface area (Å²) < 4.78 is 5.32. The van der Waals surface area contributed by atoms with E-state index in [0.717, 1.165) is 17.1 Å². The van der Waals surface area contributed by atoms with Crippen LogP contribution in [0.1, 0.15) is 10.4 Å². The first kappa shape index (κ1) is 16.9. The number of halogens is 1. The van der Waals surface area contributed by atoms with Crippen molar-refractivity contribution in [1.29, 1.82) is 0 Å². The van der Waals surface area contributed by atoms with Gasteiger partial charge in [-0.05, 0) is 48.5 Å². The number of para-hydroxylation sites is 2. The summed E-state index contributed by atoms with van der Waals surface area (Å²) in [4.78, 5) is 12.3. The van der Waals surface area contributed by atoms with E-state index in [-0.39, 0.29) is 5.91 Å². The van der Waals surface area contributed by atoms with Crippen LogP contribution >= 0.6 is 11.6 Å². The maximum Gasteiger partial charge on any atom is 0.257 e. The molecule has 2 N–H and O–H groups in total. The van der Waals surface area contributed by atoms with Gasteiger partial charge in [-0.25, -0.2) is 0 Å². The zero-order chi connectivity index (χ0) is 17.6.